The third-order valence-electron chi connectivity index (χ3n) is 5.82. The summed E-state index contributed by atoms with van der Waals surface area (Å²) in [7, 11) is 0. The number of para-hydroxylation sites is 1. The predicted molar refractivity (Wildman–Crippen MR) is 116 cm³/mol. The van der Waals surface area contributed by atoms with Crippen molar-refractivity contribution in [2.45, 2.75) is 38.8 Å². The summed E-state index contributed by atoms with van der Waals surface area (Å²) in [5.74, 6) is 0.785. The van der Waals surface area contributed by atoms with Gasteiger partial charge in [0.1, 0.15) is 5.82 Å². The van der Waals surface area contributed by atoms with E-state index in [9.17, 15) is 4.39 Å². The first-order valence-electron chi connectivity index (χ1n) is 10.8. The Morgan fingerprint density at radius 3 is 2.43 bits per heavy atom. The van der Waals surface area contributed by atoms with Crippen LogP contribution in [0.4, 0.5) is 10.1 Å². The Morgan fingerprint density at radius 2 is 1.70 bits per heavy atom. The number of benzene rings is 2. The molecule has 1 aromatic heterocycles. The molecule has 30 heavy (non-hydrogen) atoms. The topological polar surface area (TPSA) is 50.1 Å². The molecule has 0 aliphatic carbocycles. The summed E-state index contributed by atoms with van der Waals surface area (Å²) in [5, 5.41) is 12.7. The van der Waals surface area contributed by atoms with Gasteiger partial charge in [0.25, 0.3) is 0 Å². The maximum absolute atomic E-state index is 14.2. The lowest BCUT2D eigenvalue weighted by molar-refractivity contribution is 0.163. The van der Waals surface area contributed by atoms with Gasteiger partial charge in [-0.05, 0) is 41.0 Å². The largest absolute Gasteiger partial charge is 0.367 e. The van der Waals surface area contributed by atoms with Crippen LogP contribution in [0.2, 0.25) is 0 Å². The normalized spacial score (nSPS) is 16.0. The molecule has 7 heteroatoms. The predicted octanol–water partition coefficient (Wildman–Crippen LogP) is 3.72. The molecule has 1 aliphatic heterocycles. The zero-order valence-electron chi connectivity index (χ0n) is 17.5. The van der Waals surface area contributed by atoms with Crippen LogP contribution in [-0.2, 0) is 13.0 Å². The second kappa shape index (κ2) is 9.80. The van der Waals surface area contributed by atoms with Crippen LogP contribution in [-0.4, -0.2) is 51.3 Å². The maximum Gasteiger partial charge on any atom is 0.168 e. The molecular weight excluding hydrogens is 379 g/mol. The first kappa shape index (κ1) is 20.5. The number of aryl methyl sites for hydroxylation is 2. The summed E-state index contributed by atoms with van der Waals surface area (Å²) < 4.78 is 16.1. The Kier molecular flexibility index (Phi) is 6.69. The molecular formula is C23H29FN6. The standard InChI is InChI=1S/C23H29FN6/c1-2-8-22(23-25-26-27-30(23)14-13-19-9-4-3-5-10-19)29-17-15-28(16-18-29)21-12-7-6-11-20(21)24/h3-7,9-12,22H,2,8,13-18H2,1H3/t22-/m0/s1. The van der Waals surface area contributed by atoms with E-state index in [1.54, 1.807) is 6.07 Å². The lowest BCUT2D eigenvalue weighted by atomic mass is 10.1. The average Bonchev–Trinajstić information content (AvgIpc) is 3.26. The highest BCUT2D eigenvalue weighted by atomic mass is 19.1. The smallest absolute Gasteiger partial charge is 0.168 e. The van der Waals surface area contributed by atoms with Gasteiger partial charge in [-0.15, -0.1) is 5.10 Å². The van der Waals surface area contributed by atoms with Crippen LogP contribution < -0.4 is 4.90 Å². The van der Waals surface area contributed by atoms with Crippen molar-refractivity contribution in [2.24, 2.45) is 0 Å². The molecule has 1 atom stereocenters. The fourth-order valence-electron chi connectivity index (χ4n) is 4.22. The van der Waals surface area contributed by atoms with Gasteiger partial charge in [-0.1, -0.05) is 55.8 Å². The first-order chi connectivity index (χ1) is 14.8. The molecule has 0 bridgehead atoms. The van der Waals surface area contributed by atoms with E-state index in [0.29, 0.717) is 5.69 Å². The van der Waals surface area contributed by atoms with Gasteiger partial charge in [0.2, 0.25) is 0 Å². The summed E-state index contributed by atoms with van der Waals surface area (Å²) in [4.78, 5) is 4.58. The molecule has 0 unspecified atom stereocenters. The number of nitrogens with zero attached hydrogens (tertiary/aromatic N) is 6. The van der Waals surface area contributed by atoms with Crippen molar-refractivity contribution in [3.05, 3.63) is 71.8 Å². The molecule has 1 saturated heterocycles. The van der Waals surface area contributed by atoms with Gasteiger partial charge < -0.3 is 4.90 Å². The number of hydrogen-bond donors (Lipinski definition) is 0. The van der Waals surface area contributed by atoms with Crippen molar-refractivity contribution in [1.29, 1.82) is 0 Å². The Hall–Kier alpha value is -2.80. The zero-order chi connectivity index (χ0) is 20.8. The molecule has 158 valence electrons. The molecule has 0 N–H and O–H groups in total. The Balaban J connectivity index is 1.44. The molecule has 2 aromatic carbocycles. The van der Waals surface area contributed by atoms with Gasteiger partial charge in [0, 0.05) is 32.7 Å². The Morgan fingerprint density at radius 1 is 0.967 bits per heavy atom. The van der Waals surface area contributed by atoms with Crippen molar-refractivity contribution in [3.8, 4) is 0 Å². The maximum atomic E-state index is 14.2. The van der Waals surface area contributed by atoms with E-state index < -0.39 is 0 Å². The molecule has 0 spiro atoms. The van der Waals surface area contributed by atoms with Crippen LogP contribution in [0, 0.1) is 5.82 Å². The molecule has 1 aliphatic rings. The van der Waals surface area contributed by atoms with E-state index in [1.165, 1.54) is 11.6 Å². The second-order valence-corrected chi connectivity index (χ2v) is 7.77. The summed E-state index contributed by atoms with van der Waals surface area (Å²) in [6.07, 6.45) is 2.97. The lowest BCUT2D eigenvalue weighted by Gasteiger charge is -2.39. The van der Waals surface area contributed by atoms with Crippen molar-refractivity contribution in [2.75, 3.05) is 31.1 Å². The van der Waals surface area contributed by atoms with Gasteiger partial charge >= 0.3 is 0 Å². The summed E-state index contributed by atoms with van der Waals surface area (Å²) in [5.41, 5.74) is 1.97. The number of anilines is 1. The van der Waals surface area contributed by atoms with Crippen LogP contribution in [0.3, 0.4) is 0 Å². The number of halogens is 1. The molecule has 0 radical (unpaired) electrons. The number of piperazine rings is 1. The molecule has 4 rings (SSSR count). The monoisotopic (exact) mass is 408 g/mol. The van der Waals surface area contributed by atoms with E-state index in [-0.39, 0.29) is 11.9 Å². The van der Waals surface area contributed by atoms with E-state index >= 15 is 0 Å². The lowest BCUT2D eigenvalue weighted by Crippen LogP contribution is -2.48. The minimum Gasteiger partial charge on any atom is -0.367 e. The SMILES string of the molecule is CCC[C@@H](c1nnnn1CCc1ccccc1)N1CCN(c2ccccc2F)CC1. The third-order valence-corrected chi connectivity index (χ3v) is 5.82. The van der Waals surface area contributed by atoms with Gasteiger partial charge in [-0.2, -0.15) is 0 Å². The molecule has 0 amide bonds. The van der Waals surface area contributed by atoms with Crippen molar-refractivity contribution >= 4 is 5.69 Å². The van der Waals surface area contributed by atoms with Crippen LogP contribution in [0.15, 0.2) is 54.6 Å². The van der Waals surface area contributed by atoms with Crippen LogP contribution >= 0.6 is 0 Å². The van der Waals surface area contributed by atoms with E-state index in [4.69, 9.17) is 0 Å². The fourth-order valence-corrected chi connectivity index (χ4v) is 4.22. The minimum atomic E-state index is -0.152. The van der Waals surface area contributed by atoms with Crippen molar-refractivity contribution in [3.63, 3.8) is 0 Å². The van der Waals surface area contributed by atoms with Crippen LogP contribution in [0.1, 0.15) is 37.2 Å². The molecule has 6 nitrogen and oxygen atoms in total. The average molecular weight is 409 g/mol. The van der Waals surface area contributed by atoms with Gasteiger partial charge in [-0.25, -0.2) is 9.07 Å². The van der Waals surface area contributed by atoms with Crippen molar-refractivity contribution in [1.82, 2.24) is 25.1 Å². The minimum absolute atomic E-state index is 0.152. The molecule has 1 fully saturated rings. The molecule has 0 saturated carbocycles. The van der Waals surface area contributed by atoms with Crippen LogP contribution in [0.5, 0.6) is 0 Å². The quantitative estimate of drug-likeness (QED) is 0.569. The number of rotatable bonds is 8. The Bertz CT molecular complexity index is 920. The van der Waals surface area contributed by atoms with E-state index in [2.05, 4.69) is 56.5 Å². The van der Waals surface area contributed by atoms with E-state index in [0.717, 1.165) is 57.8 Å². The highest BCUT2D eigenvalue weighted by molar-refractivity contribution is 5.48. The number of aromatic nitrogens is 4. The summed E-state index contributed by atoms with van der Waals surface area (Å²) in [6.45, 7) is 6.29. The van der Waals surface area contributed by atoms with E-state index in [1.807, 2.05) is 22.9 Å². The highest BCUT2D eigenvalue weighted by Gasteiger charge is 2.29. The molecule has 2 heterocycles. The zero-order valence-corrected chi connectivity index (χ0v) is 17.5. The highest BCUT2D eigenvalue weighted by Crippen LogP contribution is 2.27. The second-order valence-electron chi connectivity index (χ2n) is 7.77. The number of hydrogen-bond acceptors (Lipinski definition) is 5. The summed E-state index contributed by atoms with van der Waals surface area (Å²) >= 11 is 0. The Labute approximate surface area is 177 Å². The van der Waals surface area contributed by atoms with Crippen LogP contribution in [0.25, 0.3) is 0 Å². The molecule has 3 aromatic rings. The van der Waals surface area contributed by atoms with Gasteiger partial charge in [0.05, 0.1) is 11.7 Å². The summed E-state index contributed by atoms with van der Waals surface area (Å²) in [6, 6.07) is 17.6. The first-order valence-corrected chi connectivity index (χ1v) is 10.8. The van der Waals surface area contributed by atoms with Gasteiger partial charge in [-0.3, -0.25) is 4.90 Å². The number of tetrazole rings is 1. The van der Waals surface area contributed by atoms with Crippen molar-refractivity contribution < 1.29 is 4.39 Å². The van der Waals surface area contributed by atoms with Gasteiger partial charge in [0.15, 0.2) is 5.82 Å². The third kappa shape index (κ3) is 4.67. The fraction of sp³-hybridized carbons (Fsp3) is 0.435.